The molecule has 0 spiro atoms. The highest BCUT2D eigenvalue weighted by Crippen LogP contribution is 2.00. The summed E-state index contributed by atoms with van der Waals surface area (Å²) in [7, 11) is 0. The third kappa shape index (κ3) is 25.8. The van der Waals surface area contributed by atoms with Crippen LogP contribution >= 0.6 is 15.9 Å². The fourth-order valence-corrected chi connectivity index (χ4v) is 0.381. The Morgan fingerprint density at radius 2 is 2.09 bits per heavy atom. The molecule has 0 aliphatic heterocycles. The average Bonchev–Trinajstić information content (AvgIpc) is 2.01. The van der Waals surface area contributed by atoms with Crippen molar-refractivity contribution in [3.05, 3.63) is 22.7 Å². The Bertz CT molecular complexity index is 115. The van der Waals surface area contributed by atoms with E-state index in [2.05, 4.69) is 15.9 Å². The molecule has 0 aliphatic carbocycles. The van der Waals surface area contributed by atoms with Gasteiger partial charge >= 0.3 is 0 Å². The summed E-state index contributed by atoms with van der Waals surface area (Å²) in [4.78, 5) is 0. The lowest BCUT2D eigenvalue weighted by atomic mass is 10.5. The summed E-state index contributed by atoms with van der Waals surface area (Å²) >= 11 is 3.29. The maximum atomic E-state index is 7.75. The van der Waals surface area contributed by atoms with E-state index in [1.807, 2.05) is 32.1 Å². The van der Waals surface area contributed by atoms with Crippen LogP contribution in [-0.2, 0) is 0 Å². The Balaban J connectivity index is 0. The Kier molecular flexibility index (Phi) is 15.4. The van der Waals surface area contributed by atoms with Gasteiger partial charge in [-0.25, -0.2) is 0 Å². The summed E-state index contributed by atoms with van der Waals surface area (Å²) < 4.78 is 1.16. The second-order valence-electron chi connectivity index (χ2n) is 1.79. The number of rotatable bonds is 2. The van der Waals surface area contributed by atoms with Crippen LogP contribution in [0.3, 0.4) is 0 Å². The van der Waals surface area contributed by atoms with Crippen LogP contribution < -0.4 is 5.73 Å². The number of aliphatic hydroxyl groups is 1. The summed E-state index contributed by atoms with van der Waals surface area (Å²) in [5.74, 6) is 0. The van der Waals surface area contributed by atoms with E-state index in [9.17, 15) is 0 Å². The van der Waals surface area contributed by atoms with Crippen LogP contribution in [0.1, 0.15) is 13.8 Å². The van der Waals surface area contributed by atoms with Gasteiger partial charge in [0, 0.05) is 6.54 Å². The zero-order chi connectivity index (χ0) is 9.11. The quantitative estimate of drug-likeness (QED) is 0.700. The minimum absolute atomic E-state index is 0.0972. The second kappa shape index (κ2) is 12.5. The summed E-state index contributed by atoms with van der Waals surface area (Å²) in [5.41, 5.74) is 4.78. The van der Waals surface area contributed by atoms with Gasteiger partial charge in [-0.3, -0.25) is 0 Å². The van der Waals surface area contributed by atoms with Gasteiger partial charge in [-0.15, -0.1) is 0 Å². The lowest BCUT2D eigenvalue weighted by molar-refractivity contribution is 0.306. The van der Waals surface area contributed by atoms with Crippen LogP contribution in [0, 0.1) is 0 Å². The summed E-state index contributed by atoms with van der Waals surface area (Å²) in [5, 5.41) is 7.75. The molecule has 3 heteroatoms. The maximum Gasteiger partial charge on any atom is 0.0553 e. The highest BCUT2D eigenvalue weighted by atomic mass is 79.9. The summed E-state index contributed by atoms with van der Waals surface area (Å²) in [6.45, 7) is 4.46. The van der Waals surface area contributed by atoms with Gasteiger partial charge in [0.25, 0.3) is 0 Å². The van der Waals surface area contributed by atoms with Gasteiger partial charge in [0.1, 0.15) is 0 Å². The van der Waals surface area contributed by atoms with Gasteiger partial charge in [-0.05, 0) is 18.3 Å². The first-order valence-corrected chi connectivity index (χ1v) is 4.24. The Labute approximate surface area is 76.9 Å². The molecule has 11 heavy (non-hydrogen) atoms. The predicted octanol–water partition coefficient (Wildman–Crippen LogP) is 1.80. The van der Waals surface area contributed by atoms with E-state index < -0.39 is 0 Å². The molecule has 0 aromatic carbocycles. The first-order valence-electron chi connectivity index (χ1n) is 3.45. The first-order chi connectivity index (χ1) is 5.18. The van der Waals surface area contributed by atoms with E-state index in [0.29, 0.717) is 6.54 Å². The van der Waals surface area contributed by atoms with Crippen molar-refractivity contribution >= 4 is 15.9 Å². The molecule has 66 valence electrons. The van der Waals surface area contributed by atoms with Gasteiger partial charge < -0.3 is 10.8 Å². The molecule has 0 saturated carbocycles. The smallest absolute Gasteiger partial charge is 0.0553 e. The van der Waals surface area contributed by atoms with Crippen molar-refractivity contribution < 1.29 is 5.11 Å². The van der Waals surface area contributed by atoms with E-state index in [0.717, 1.165) is 4.48 Å². The fourth-order valence-electron chi connectivity index (χ4n) is 0.229. The number of aliphatic hydroxyl groups excluding tert-OH is 1. The average molecular weight is 222 g/mol. The molecule has 0 aliphatic rings. The molecule has 0 amide bonds. The van der Waals surface area contributed by atoms with E-state index in [1.165, 1.54) is 0 Å². The van der Waals surface area contributed by atoms with Gasteiger partial charge in [0.05, 0.1) is 6.61 Å². The van der Waals surface area contributed by atoms with Crippen molar-refractivity contribution in [2.75, 3.05) is 13.2 Å². The van der Waals surface area contributed by atoms with Gasteiger partial charge in [-0.2, -0.15) is 0 Å². The highest BCUT2D eigenvalue weighted by Gasteiger charge is 1.68. The molecule has 0 atom stereocenters. The molecule has 0 aromatic heterocycles. The molecule has 0 saturated heterocycles. The van der Waals surface area contributed by atoms with Crippen LogP contribution in [-0.4, -0.2) is 18.3 Å². The second-order valence-corrected chi connectivity index (χ2v) is 3.04. The lowest BCUT2D eigenvalue weighted by Crippen LogP contribution is -2.02. The molecular weight excluding hydrogens is 206 g/mol. The predicted molar refractivity (Wildman–Crippen MR) is 53.6 cm³/mol. The van der Waals surface area contributed by atoms with Crippen molar-refractivity contribution in [1.82, 2.24) is 0 Å². The minimum atomic E-state index is 0.0972. The Morgan fingerprint density at radius 1 is 1.64 bits per heavy atom. The third-order valence-corrected chi connectivity index (χ3v) is 0.912. The zero-order valence-corrected chi connectivity index (χ0v) is 8.63. The van der Waals surface area contributed by atoms with E-state index in [-0.39, 0.29) is 6.61 Å². The minimum Gasteiger partial charge on any atom is -0.395 e. The maximum absolute atomic E-state index is 7.75. The molecule has 3 N–H and O–H groups in total. The van der Waals surface area contributed by atoms with Crippen molar-refractivity contribution in [2.24, 2.45) is 5.73 Å². The number of hydrogen-bond acceptors (Lipinski definition) is 2. The van der Waals surface area contributed by atoms with Crippen molar-refractivity contribution in [3.8, 4) is 0 Å². The monoisotopic (exact) mass is 221 g/mol. The molecule has 0 heterocycles. The Hall–Kier alpha value is -0.120. The standard InChI is InChI=1S/C6H9Br.C2H7NO/c1-3-4-5-6(2)7;3-1-2-4/h3-5H,1-2H3;4H,1-3H2/b4-3-,6-5+;. The van der Waals surface area contributed by atoms with Gasteiger partial charge in [0.2, 0.25) is 0 Å². The topological polar surface area (TPSA) is 46.2 Å². The lowest BCUT2D eigenvalue weighted by Gasteiger charge is -1.75. The number of hydrogen-bond donors (Lipinski definition) is 2. The number of allylic oxidation sites excluding steroid dienone is 4. The third-order valence-electron chi connectivity index (χ3n) is 0.647. The van der Waals surface area contributed by atoms with Crippen molar-refractivity contribution in [3.63, 3.8) is 0 Å². The number of halogens is 1. The molecule has 0 unspecified atom stereocenters. The first kappa shape index (κ1) is 13.5. The molecular formula is C8H16BrNO. The Morgan fingerprint density at radius 3 is 2.18 bits per heavy atom. The van der Waals surface area contributed by atoms with Crippen LogP contribution in [0.2, 0.25) is 0 Å². The largest absolute Gasteiger partial charge is 0.395 e. The van der Waals surface area contributed by atoms with Crippen LogP contribution in [0.4, 0.5) is 0 Å². The normalized spacial score (nSPS) is 11.2. The van der Waals surface area contributed by atoms with Crippen molar-refractivity contribution in [2.45, 2.75) is 13.8 Å². The van der Waals surface area contributed by atoms with Gasteiger partial charge in [-0.1, -0.05) is 34.2 Å². The summed E-state index contributed by atoms with van der Waals surface area (Å²) in [6.07, 6.45) is 5.98. The van der Waals surface area contributed by atoms with E-state index in [4.69, 9.17) is 10.8 Å². The van der Waals surface area contributed by atoms with E-state index >= 15 is 0 Å². The van der Waals surface area contributed by atoms with Crippen LogP contribution in [0.25, 0.3) is 0 Å². The number of nitrogens with two attached hydrogens (primary N) is 1. The van der Waals surface area contributed by atoms with Crippen LogP contribution in [0.5, 0.6) is 0 Å². The fraction of sp³-hybridized carbons (Fsp3) is 0.500. The summed E-state index contributed by atoms with van der Waals surface area (Å²) in [6, 6.07) is 0. The van der Waals surface area contributed by atoms with Crippen LogP contribution in [0.15, 0.2) is 22.7 Å². The molecule has 0 bridgehead atoms. The zero-order valence-electron chi connectivity index (χ0n) is 7.05. The van der Waals surface area contributed by atoms with Crippen molar-refractivity contribution in [1.29, 1.82) is 0 Å². The molecule has 2 nitrogen and oxygen atoms in total. The highest BCUT2D eigenvalue weighted by molar-refractivity contribution is 9.11. The molecule has 0 aromatic rings. The van der Waals surface area contributed by atoms with E-state index in [1.54, 1.807) is 0 Å². The molecule has 0 radical (unpaired) electrons. The van der Waals surface area contributed by atoms with Gasteiger partial charge in [0.15, 0.2) is 0 Å². The molecule has 0 fully saturated rings. The molecule has 0 rings (SSSR count). The SMILES string of the molecule is C/C=C\C=C(/C)Br.NCCO.